The average molecular weight is 208 g/mol. The van der Waals surface area contributed by atoms with E-state index in [0.29, 0.717) is 13.0 Å². The van der Waals surface area contributed by atoms with Gasteiger partial charge in [-0.15, -0.1) is 0 Å². The number of esters is 1. The smallest absolute Gasteiger partial charge is 0.323 e. The average Bonchev–Trinajstić information content (AvgIpc) is 2.38. The predicted molar refractivity (Wildman–Crippen MR) is 55.2 cm³/mol. The molecule has 2 rings (SSSR count). The first-order valence-electron chi connectivity index (χ1n) is 5.45. The van der Waals surface area contributed by atoms with Gasteiger partial charge < -0.3 is 4.74 Å². The van der Waals surface area contributed by atoms with Crippen molar-refractivity contribution in [3.8, 4) is 0 Å². The maximum Gasteiger partial charge on any atom is 0.323 e. The van der Waals surface area contributed by atoms with E-state index in [0.717, 1.165) is 12.8 Å². The fourth-order valence-corrected chi connectivity index (χ4v) is 2.64. The van der Waals surface area contributed by atoms with Crippen molar-refractivity contribution in [2.45, 2.75) is 33.1 Å². The second-order valence-corrected chi connectivity index (χ2v) is 4.69. The maximum absolute atomic E-state index is 12.2. The highest BCUT2D eigenvalue weighted by molar-refractivity contribution is 6.10. The van der Waals surface area contributed by atoms with Crippen LogP contribution in [0.25, 0.3) is 0 Å². The summed E-state index contributed by atoms with van der Waals surface area (Å²) < 4.78 is 5.01. The lowest BCUT2D eigenvalue weighted by Crippen LogP contribution is -2.41. The highest BCUT2D eigenvalue weighted by Gasteiger charge is 2.59. The number of fused-ring (bicyclic) bond motifs is 2. The van der Waals surface area contributed by atoms with E-state index in [9.17, 15) is 9.59 Å². The number of Topliss-reactive ketones (excluding diaryl/α,β-unsaturated/α-hetero) is 1. The van der Waals surface area contributed by atoms with Gasteiger partial charge >= 0.3 is 5.97 Å². The molecule has 2 bridgehead atoms. The molecule has 15 heavy (non-hydrogen) atoms. The Labute approximate surface area is 89.5 Å². The van der Waals surface area contributed by atoms with Crippen molar-refractivity contribution in [2.75, 3.05) is 6.61 Å². The van der Waals surface area contributed by atoms with E-state index in [1.165, 1.54) is 0 Å². The first-order valence-corrected chi connectivity index (χ1v) is 5.45. The lowest BCUT2D eigenvalue weighted by molar-refractivity contribution is -0.157. The predicted octanol–water partition coefficient (Wildman–Crippen LogP) is 1.86. The third-order valence-corrected chi connectivity index (χ3v) is 3.63. The van der Waals surface area contributed by atoms with Crippen molar-refractivity contribution >= 4 is 11.8 Å². The molecule has 0 N–H and O–H groups in total. The number of hydrogen-bond acceptors (Lipinski definition) is 3. The second kappa shape index (κ2) is 3.19. The van der Waals surface area contributed by atoms with Crippen LogP contribution in [-0.4, -0.2) is 18.4 Å². The van der Waals surface area contributed by atoms with E-state index in [1.807, 2.05) is 13.0 Å². The number of carbonyl (C=O) groups excluding carboxylic acids is 2. The summed E-state index contributed by atoms with van der Waals surface area (Å²) in [6, 6.07) is 0. The zero-order valence-electron chi connectivity index (χ0n) is 9.21. The number of ether oxygens (including phenoxy) is 1. The van der Waals surface area contributed by atoms with Gasteiger partial charge in [-0.05, 0) is 26.2 Å². The van der Waals surface area contributed by atoms with Gasteiger partial charge in [0.1, 0.15) is 5.41 Å². The van der Waals surface area contributed by atoms with Gasteiger partial charge in [-0.3, -0.25) is 9.59 Å². The van der Waals surface area contributed by atoms with Crippen LogP contribution >= 0.6 is 0 Å². The van der Waals surface area contributed by atoms with E-state index in [4.69, 9.17) is 4.74 Å². The molecule has 1 saturated carbocycles. The van der Waals surface area contributed by atoms with Crippen molar-refractivity contribution < 1.29 is 14.3 Å². The lowest BCUT2D eigenvalue weighted by atomic mass is 9.73. The SMILES string of the molecule is CCOC(=O)[C@@]12C=CC[C@@](C)(CC1)C2=O. The van der Waals surface area contributed by atoms with Crippen molar-refractivity contribution in [1.82, 2.24) is 0 Å². The Bertz CT molecular complexity index is 345. The van der Waals surface area contributed by atoms with Crippen molar-refractivity contribution in [3.05, 3.63) is 12.2 Å². The normalized spacial score (nSPS) is 38.1. The van der Waals surface area contributed by atoms with Crippen LogP contribution in [0.5, 0.6) is 0 Å². The molecule has 0 aromatic carbocycles. The standard InChI is InChI=1S/C12H16O3/c1-3-15-10(14)12-6-4-5-11(2,7-8-12)9(12)13/h4,6H,3,5,7-8H2,1-2H3/t11-,12-/m0/s1. The summed E-state index contributed by atoms with van der Waals surface area (Å²) in [4.78, 5) is 24.0. The molecule has 0 spiro atoms. The van der Waals surface area contributed by atoms with Crippen molar-refractivity contribution in [2.24, 2.45) is 10.8 Å². The third-order valence-electron chi connectivity index (χ3n) is 3.63. The number of hydrogen-bond donors (Lipinski definition) is 0. The Balaban J connectivity index is 2.36. The van der Waals surface area contributed by atoms with Crippen LogP contribution in [0.1, 0.15) is 33.1 Å². The minimum atomic E-state index is -0.955. The van der Waals surface area contributed by atoms with E-state index in [1.54, 1.807) is 13.0 Å². The molecule has 82 valence electrons. The van der Waals surface area contributed by atoms with Gasteiger partial charge in [0.15, 0.2) is 5.78 Å². The Morgan fingerprint density at radius 3 is 2.93 bits per heavy atom. The van der Waals surface area contributed by atoms with E-state index in [2.05, 4.69) is 0 Å². The molecule has 0 saturated heterocycles. The number of carbonyl (C=O) groups is 2. The largest absolute Gasteiger partial charge is 0.465 e. The maximum atomic E-state index is 12.2. The minimum Gasteiger partial charge on any atom is -0.465 e. The molecule has 0 aromatic heterocycles. The summed E-state index contributed by atoms with van der Waals surface area (Å²) in [5, 5.41) is 0. The Kier molecular flexibility index (Phi) is 2.21. The van der Waals surface area contributed by atoms with E-state index < -0.39 is 5.41 Å². The Morgan fingerprint density at radius 2 is 2.27 bits per heavy atom. The first kappa shape index (κ1) is 10.4. The molecule has 0 aromatic rings. The fourth-order valence-electron chi connectivity index (χ4n) is 2.64. The minimum absolute atomic E-state index is 0.0518. The zero-order valence-corrected chi connectivity index (χ0v) is 9.21. The topological polar surface area (TPSA) is 43.4 Å². The summed E-state index contributed by atoms with van der Waals surface area (Å²) in [5.74, 6) is -0.314. The van der Waals surface area contributed by atoms with Crippen molar-refractivity contribution in [1.29, 1.82) is 0 Å². The third kappa shape index (κ3) is 1.25. The molecular weight excluding hydrogens is 192 g/mol. The highest BCUT2D eigenvalue weighted by atomic mass is 16.5. The van der Waals surface area contributed by atoms with Gasteiger partial charge in [0.2, 0.25) is 0 Å². The Morgan fingerprint density at radius 1 is 1.53 bits per heavy atom. The molecule has 0 amide bonds. The van der Waals surface area contributed by atoms with E-state index >= 15 is 0 Å². The molecule has 2 aliphatic rings. The number of ketones is 1. The van der Waals surface area contributed by atoms with Crippen LogP contribution in [0.2, 0.25) is 0 Å². The van der Waals surface area contributed by atoms with Gasteiger partial charge in [0.25, 0.3) is 0 Å². The van der Waals surface area contributed by atoms with Crippen LogP contribution in [0, 0.1) is 10.8 Å². The van der Waals surface area contributed by atoms with Gasteiger partial charge in [-0.1, -0.05) is 19.1 Å². The molecule has 0 aliphatic heterocycles. The molecular formula is C12H16O3. The van der Waals surface area contributed by atoms with E-state index in [-0.39, 0.29) is 17.2 Å². The first-order chi connectivity index (χ1) is 7.05. The number of allylic oxidation sites excluding steroid dienone is 1. The summed E-state index contributed by atoms with van der Waals surface area (Å²) in [6.07, 6.45) is 5.86. The second-order valence-electron chi connectivity index (χ2n) is 4.69. The summed E-state index contributed by atoms with van der Waals surface area (Å²) in [7, 11) is 0. The van der Waals surface area contributed by atoms with Crippen LogP contribution < -0.4 is 0 Å². The molecule has 0 radical (unpaired) electrons. The highest BCUT2D eigenvalue weighted by Crippen LogP contribution is 2.52. The van der Waals surface area contributed by atoms with Crippen LogP contribution in [-0.2, 0) is 14.3 Å². The van der Waals surface area contributed by atoms with Crippen LogP contribution in [0.4, 0.5) is 0 Å². The quantitative estimate of drug-likeness (QED) is 0.395. The van der Waals surface area contributed by atoms with Crippen molar-refractivity contribution in [3.63, 3.8) is 0 Å². The van der Waals surface area contributed by atoms with Gasteiger partial charge in [-0.2, -0.15) is 0 Å². The molecule has 3 heteroatoms. The fraction of sp³-hybridized carbons (Fsp3) is 0.667. The zero-order chi connectivity index (χ0) is 11.1. The summed E-state index contributed by atoms with van der Waals surface area (Å²) >= 11 is 0. The molecule has 0 unspecified atom stereocenters. The van der Waals surface area contributed by atoms with Crippen LogP contribution in [0.15, 0.2) is 12.2 Å². The Hall–Kier alpha value is -1.12. The molecule has 1 fully saturated rings. The molecule has 2 aliphatic carbocycles. The van der Waals surface area contributed by atoms with Gasteiger partial charge in [0, 0.05) is 5.41 Å². The molecule has 3 nitrogen and oxygen atoms in total. The lowest BCUT2D eigenvalue weighted by Gasteiger charge is -2.29. The summed E-state index contributed by atoms with van der Waals surface area (Å²) in [5.41, 5.74) is -1.29. The van der Waals surface area contributed by atoms with Gasteiger partial charge in [0.05, 0.1) is 6.61 Å². The molecule has 0 heterocycles. The molecule has 2 atom stereocenters. The summed E-state index contributed by atoms with van der Waals surface area (Å²) in [6.45, 7) is 4.04. The number of rotatable bonds is 2. The van der Waals surface area contributed by atoms with Crippen LogP contribution in [0.3, 0.4) is 0 Å². The van der Waals surface area contributed by atoms with Gasteiger partial charge in [-0.25, -0.2) is 0 Å². The monoisotopic (exact) mass is 208 g/mol.